The maximum absolute atomic E-state index is 12.4. The number of ether oxygens (including phenoxy) is 1. The zero-order valence-electron chi connectivity index (χ0n) is 13.1. The Labute approximate surface area is 155 Å². The fraction of sp³-hybridized carbons (Fsp3) is 0.294. The zero-order chi connectivity index (χ0) is 17.9. The summed E-state index contributed by atoms with van der Waals surface area (Å²) in [5.41, 5.74) is 0.604. The van der Waals surface area contributed by atoms with Crippen LogP contribution in [0.25, 0.3) is 6.08 Å². The third-order valence-electron chi connectivity index (χ3n) is 3.47. The molecule has 24 heavy (non-hydrogen) atoms. The normalized spacial score (nSPS) is 17.3. The summed E-state index contributed by atoms with van der Waals surface area (Å²) in [4.78, 5) is 26.0. The molecule has 1 unspecified atom stereocenters. The number of hydrogen-bond acceptors (Lipinski definition) is 4. The molecule has 0 saturated carbocycles. The van der Waals surface area contributed by atoms with E-state index in [0.717, 1.165) is 11.8 Å². The smallest absolute Gasteiger partial charge is 0.293 e. The summed E-state index contributed by atoms with van der Waals surface area (Å²) < 4.78 is 5.29. The minimum Gasteiger partial charge on any atom is -0.478 e. The van der Waals surface area contributed by atoms with Crippen molar-refractivity contribution in [1.29, 1.82) is 0 Å². The predicted octanol–water partition coefficient (Wildman–Crippen LogP) is 4.84. The number of thioether (sulfide) groups is 1. The number of halogens is 2. The number of imide groups is 1. The van der Waals surface area contributed by atoms with Crippen LogP contribution in [0.4, 0.5) is 4.79 Å². The molecule has 1 heterocycles. The van der Waals surface area contributed by atoms with Gasteiger partial charge in [0.25, 0.3) is 11.1 Å². The summed E-state index contributed by atoms with van der Waals surface area (Å²) in [6, 6.07) is 3.07. The molecule has 0 aliphatic carbocycles. The maximum Gasteiger partial charge on any atom is 0.293 e. The number of carbonyl (C=O) groups is 2. The molecular weight excluding hydrogens is 369 g/mol. The molecule has 0 bridgehead atoms. The average Bonchev–Trinajstić information content (AvgIpc) is 2.80. The Kier molecular flexibility index (Phi) is 6.22. The molecule has 1 aromatic rings. The van der Waals surface area contributed by atoms with Crippen molar-refractivity contribution in [2.45, 2.75) is 26.3 Å². The van der Waals surface area contributed by atoms with Crippen LogP contribution in [-0.4, -0.2) is 28.7 Å². The van der Waals surface area contributed by atoms with Crippen molar-refractivity contribution >= 4 is 52.2 Å². The highest BCUT2D eigenvalue weighted by molar-refractivity contribution is 8.18. The lowest BCUT2D eigenvalue weighted by Gasteiger charge is -2.19. The van der Waals surface area contributed by atoms with Gasteiger partial charge in [0.2, 0.25) is 0 Å². The van der Waals surface area contributed by atoms with E-state index in [1.165, 1.54) is 4.90 Å². The highest BCUT2D eigenvalue weighted by Crippen LogP contribution is 2.38. The van der Waals surface area contributed by atoms with Gasteiger partial charge < -0.3 is 4.74 Å². The fourth-order valence-electron chi connectivity index (χ4n) is 2.11. The lowest BCUT2D eigenvalue weighted by molar-refractivity contribution is -0.124. The third-order valence-corrected chi connectivity index (χ3v) is 4.92. The Morgan fingerprint density at radius 1 is 1.38 bits per heavy atom. The van der Waals surface area contributed by atoms with Gasteiger partial charge in [0.15, 0.2) is 5.75 Å². The van der Waals surface area contributed by atoms with Crippen LogP contribution in [0.1, 0.15) is 25.8 Å². The Morgan fingerprint density at radius 3 is 2.54 bits per heavy atom. The molecule has 1 saturated heterocycles. The number of amides is 2. The third kappa shape index (κ3) is 3.89. The first-order chi connectivity index (χ1) is 11.4. The Hall–Kier alpha value is -1.61. The van der Waals surface area contributed by atoms with Crippen molar-refractivity contribution in [3.8, 4) is 18.1 Å². The largest absolute Gasteiger partial charge is 0.478 e. The van der Waals surface area contributed by atoms with E-state index in [0.29, 0.717) is 22.6 Å². The summed E-state index contributed by atoms with van der Waals surface area (Å²) in [6.45, 7) is 3.81. The number of benzene rings is 1. The number of rotatable bonds is 5. The van der Waals surface area contributed by atoms with Crippen LogP contribution in [0.3, 0.4) is 0 Å². The molecule has 4 nitrogen and oxygen atoms in total. The van der Waals surface area contributed by atoms with Gasteiger partial charge in [0.1, 0.15) is 6.61 Å². The second-order valence-corrected chi connectivity index (χ2v) is 6.92. The van der Waals surface area contributed by atoms with Gasteiger partial charge in [0, 0.05) is 6.04 Å². The van der Waals surface area contributed by atoms with Crippen LogP contribution < -0.4 is 4.74 Å². The molecule has 1 aromatic carbocycles. The Balaban J connectivity index is 2.31. The second-order valence-electron chi connectivity index (χ2n) is 5.12. The standard InChI is InChI=1S/C17H15Cl2NO3S/c1-4-6-23-15-12(18)7-11(8-13(15)19)9-14-16(21)20(10(3)5-2)17(22)24-14/h1,7-10H,5-6H2,2-3H3/b14-9-. The Bertz CT molecular complexity index is 732. The van der Waals surface area contributed by atoms with Crippen LogP contribution >= 0.6 is 35.0 Å². The Morgan fingerprint density at radius 2 is 2.00 bits per heavy atom. The second kappa shape index (κ2) is 7.98. The van der Waals surface area contributed by atoms with Crippen LogP contribution in [0.5, 0.6) is 5.75 Å². The van der Waals surface area contributed by atoms with E-state index in [2.05, 4.69) is 5.92 Å². The molecule has 1 fully saturated rings. The molecule has 0 spiro atoms. The monoisotopic (exact) mass is 383 g/mol. The lowest BCUT2D eigenvalue weighted by Crippen LogP contribution is -2.36. The minimum atomic E-state index is -0.306. The van der Waals surface area contributed by atoms with E-state index in [9.17, 15) is 9.59 Å². The van der Waals surface area contributed by atoms with Gasteiger partial charge in [-0.1, -0.05) is 36.0 Å². The number of nitrogens with zero attached hydrogens (tertiary/aromatic N) is 1. The van der Waals surface area contributed by atoms with E-state index in [1.54, 1.807) is 18.2 Å². The summed E-state index contributed by atoms with van der Waals surface area (Å²) in [5, 5.41) is 0.294. The van der Waals surface area contributed by atoms with E-state index >= 15 is 0 Å². The highest BCUT2D eigenvalue weighted by Gasteiger charge is 2.37. The first-order valence-electron chi connectivity index (χ1n) is 7.21. The lowest BCUT2D eigenvalue weighted by atomic mass is 10.2. The van der Waals surface area contributed by atoms with Gasteiger partial charge in [-0.3, -0.25) is 14.5 Å². The van der Waals surface area contributed by atoms with Gasteiger partial charge in [-0.2, -0.15) is 0 Å². The van der Waals surface area contributed by atoms with Crippen molar-refractivity contribution < 1.29 is 14.3 Å². The van der Waals surface area contributed by atoms with E-state index in [-0.39, 0.29) is 33.8 Å². The van der Waals surface area contributed by atoms with Crippen molar-refractivity contribution in [2.24, 2.45) is 0 Å². The number of terminal acetylenes is 1. The first-order valence-corrected chi connectivity index (χ1v) is 8.78. The summed E-state index contributed by atoms with van der Waals surface area (Å²) in [5.74, 6) is 2.32. The summed E-state index contributed by atoms with van der Waals surface area (Å²) in [7, 11) is 0. The van der Waals surface area contributed by atoms with Crippen molar-refractivity contribution in [1.82, 2.24) is 4.90 Å². The van der Waals surface area contributed by atoms with Gasteiger partial charge in [-0.25, -0.2) is 0 Å². The van der Waals surface area contributed by atoms with Gasteiger partial charge in [-0.15, -0.1) is 6.42 Å². The van der Waals surface area contributed by atoms with E-state index in [1.807, 2.05) is 13.8 Å². The molecule has 126 valence electrons. The summed E-state index contributed by atoms with van der Waals surface area (Å²) >= 11 is 13.2. The molecule has 7 heteroatoms. The van der Waals surface area contributed by atoms with Crippen LogP contribution in [-0.2, 0) is 4.79 Å². The quantitative estimate of drug-likeness (QED) is 0.538. The molecule has 2 amide bonds. The van der Waals surface area contributed by atoms with Crippen LogP contribution in [0, 0.1) is 12.3 Å². The zero-order valence-corrected chi connectivity index (χ0v) is 15.5. The average molecular weight is 384 g/mol. The minimum absolute atomic E-state index is 0.0482. The topological polar surface area (TPSA) is 46.6 Å². The molecule has 0 aromatic heterocycles. The van der Waals surface area contributed by atoms with Crippen LogP contribution in [0.2, 0.25) is 10.0 Å². The van der Waals surface area contributed by atoms with Crippen molar-refractivity contribution in [3.63, 3.8) is 0 Å². The molecule has 0 radical (unpaired) electrons. The summed E-state index contributed by atoms with van der Waals surface area (Å²) in [6.07, 6.45) is 7.44. The van der Waals surface area contributed by atoms with Crippen molar-refractivity contribution in [2.75, 3.05) is 6.61 Å². The van der Waals surface area contributed by atoms with Gasteiger partial charge in [0.05, 0.1) is 15.0 Å². The van der Waals surface area contributed by atoms with Crippen LogP contribution in [0.15, 0.2) is 17.0 Å². The molecule has 1 atom stereocenters. The predicted molar refractivity (Wildman–Crippen MR) is 98.4 cm³/mol. The highest BCUT2D eigenvalue weighted by atomic mass is 35.5. The number of carbonyl (C=O) groups excluding carboxylic acids is 2. The maximum atomic E-state index is 12.4. The fourth-order valence-corrected chi connectivity index (χ4v) is 3.65. The van der Waals surface area contributed by atoms with Gasteiger partial charge >= 0.3 is 0 Å². The van der Waals surface area contributed by atoms with E-state index in [4.69, 9.17) is 34.4 Å². The molecular formula is C17H15Cl2NO3S. The molecule has 0 N–H and O–H groups in total. The molecule has 1 aliphatic rings. The SMILES string of the molecule is C#CCOc1c(Cl)cc(/C=C2\SC(=O)N(C(C)CC)C2=O)cc1Cl. The first kappa shape index (κ1) is 18.7. The van der Waals surface area contributed by atoms with Gasteiger partial charge in [-0.05, 0) is 48.9 Å². The molecule has 1 aliphatic heterocycles. The van der Waals surface area contributed by atoms with E-state index < -0.39 is 0 Å². The number of hydrogen-bond donors (Lipinski definition) is 0. The van der Waals surface area contributed by atoms with Crippen molar-refractivity contribution in [3.05, 3.63) is 32.6 Å². The molecule has 2 rings (SSSR count).